The van der Waals surface area contributed by atoms with Crippen molar-refractivity contribution in [3.8, 4) is 0 Å². The number of nitrogens with one attached hydrogen (secondary N) is 2. The fourth-order valence-electron chi connectivity index (χ4n) is 3.49. The molecule has 154 valence electrons. The Morgan fingerprint density at radius 1 is 1.16 bits per heavy atom. The predicted octanol–water partition coefficient (Wildman–Crippen LogP) is 3.42. The number of hydrogen-bond donors (Lipinski definition) is 2. The lowest BCUT2D eigenvalue weighted by Gasteiger charge is -2.25. The van der Waals surface area contributed by atoms with Gasteiger partial charge in [-0.2, -0.15) is 5.10 Å². The second kappa shape index (κ2) is 7.84. The van der Waals surface area contributed by atoms with Crippen LogP contribution in [0.3, 0.4) is 0 Å². The Kier molecular flexibility index (Phi) is 4.87. The van der Waals surface area contributed by atoms with Gasteiger partial charge in [-0.15, -0.1) is 0 Å². The molecule has 5 rings (SSSR count). The Balaban J connectivity index is 1.42. The zero-order valence-electron chi connectivity index (χ0n) is 16.6. The molecular weight excluding hydrogens is 412 g/mol. The molecule has 9 heteroatoms. The van der Waals surface area contributed by atoms with E-state index in [1.807, 2.05) is 61.5 Å². The summed E-state index contributed by atoms with van der Waals surface area (Å²) in [5.74, 6) is 0.700. The summed E-state index contributed by atoms with van der Waals surface area (Å²) in [6.07, 6.45) is 0. The Morgan fingerprint density at radius 2 is 1.94 bits per heavy atom. The van der Waals surface area contributed by atoms with Gasteiger partial charge in [-0.25, -0.2) is 14.9 Å². The molecular formula is C22H18N6O2S. The molecule has 3 heterocycles. The largest absolute Gasteiger partial charge is 0.308 e. The van der Waals surface area contributed by atoms with Gasteiger partial charge in [0.1, 0.15) is 5.84 Å². The maximum Gasteiger partial charge on any atom is 0.263 e. The van der Waals surface area contributed by atoms with Gasteiger partial charge < -0.3 is 5.32 Å². The lowest BCUT2D eigenvalue weighted by Crippen LogP contribution is -2.40. The van der Waals surface area contributed by atoms with Gasteiger partial charge in [0.2, 0.25) is 5.91 Å². The second-order valence-corrected chi connectivity index (χ2v) is 8.07. The molecule has 1 atom stereocenters. The number of benzene rings is 2. The van der Waals surface area contributed by atoms with Crippen LogP contribution in [0.4, 0.5) is 11.5 Å². The van der Waals surface area contributed by atoms with Crippen LogP contribution in [0.15, 0.2) is 70.6 Å². The standard InChI is InChI=1S/C22H18N6O2S/c1-13-11-17(27-26-13)24-18(29)12-31-22-23-16-10-6-5-9-15(16)20-25-19(21(30)28(20)22)14-7-3-2-4-8-14/h2-11,19H,12H2,1H3,(H2,24,26,27,29)/t19-/m1/s1. The number of thioether (sulfide) groups is 1. The van der Waals surface area contributed by atoms with E-state index in [1.54, 1.807) is 6.07 Å². The number of rotatable bonds is 4. The highest BCUT2D eigenvalue weighted by atomic mass is 32.2. The highest BCUT2D eigenvalue weighted by molar-refractivity contribution is 8.14. The molecule has 8 nitrogen and oxygen atoms in total. The third-order valence-corrected chi connectivity index (χ3v) is 5.83. The number of aromatic nitrogens is 2. The summed E-state index contributed by atoms with van der Waals surface area (Å²) in [5.41, 5.74) is 3.20. The van der Waals surface area contributed by atoms with E-state index in [0.29, 0.717) is 16.8 Å². The lowest BCUT2D eigenvalue weighted by atomic mass is 10.1. The molecule has 2 aliphatic rings. The number of aromatic amines is 1. The molecule has 0 fully saturated rings. The van der Waals surface area contributed by atoms with E-state index in [4.69, 9.17) is 4.99 Å². The molecule has 2 aliphatic heterocycles. The van der Waals surface area contributed by atoms with Gasteiger partial charge in [-0.3, -0.25) is 14.7 Å². The number of carbonyl (C=O) groups is 2. The molecule has 0 bridgehead atoms. The minimum Gasteiger partial charge on any atom is -0.308 e. The van der Waals surface area contributed by atoms with Gasteiger partial charge >= 0.3 is 0 Å². The first-order chi connectivity index (χ1) is 15.1. The minimum absolute atomic E-state index is 0.0833. The fraction of sp³-hybridized carbons (Fsp3) is 0.136. The van der Waals surface area contributed by atoms with Crippen molar-refractivity contribution in [2.45, 2.75) is 13.0 Å². The summed E-state index contributed by atoms with van der Waals surface area (Å²) < 4.78 is 0. The number of H-pyrrole nitrogens is 1. The number of hydrogen-bond acceptors (Lipinski definition) is 6. The lowest BCUT2D eigenvalue weighted by molar-refractivity contribution is -0.124. The first-order valence-electron chi connectivity index (χ1n) is 9.69. The van der Waals surface area contributed by atoms with Crippen LogP contribution in [0.1, 0.15) is 22.9 Å². The van der Waals surface area contributed by atoms with Crippen molar-refractivity contribution in [1.29, 1.82) is 0 Å². The third-order valence-electron chi connectivity index (χ3n) is 4.89. The number of amidine groups is 2. The Morgan fingerprint density at radius 3 is 2.71 bits per heavy atom. The van der Waals surface area contributed by atoms with Crippen molar-refractivity contribution in [1.82, 2.24) is 15.1 Å². The van der Waals surface area contributed by atoms with Crippen molar-refractivity contribution in [3.63, 3.8) is 0 Å². The number of aliphatic imine (C=N–C) groups is 2. The van der Waals surface area contributed by atoms with Crippen molar-refractivity contribution in [3.05, 3.63) is 77.5 Å². The summed E-state index contributed by atoms with van der Waals surface area (Å²) in [6, 6.07) is 18.1. The molecule has 2 N–H and O–H groups in total. The van der Waals surface area contributed by atoms with E-state index in [1.165, 1.54) is 16.7 Å². The topological polar surface area (TPSA) is 103 Å². The fourth-order valence-corrected chi connectivity index (χ4v) is 4.29. The Bertz CT molecular complexity index is 1230. The molecule has 0 spiro atoms. The smallest absolute Gasteiger partial charge is 0.263 e. The molecule has 0 saturated heterocycles. The number of anilines is 1. The van der Waals surface area contributed by atoms with Crippen LogP contribution < -0.4 is 5.32 Å². The van der Waals surface area contributed by atoms with Gasteiger partial charge in [-0.1, -0.05) is 54.2 Å². The number of aryl methyl sites for hydroxylation is 1. The van der Waals surface area contributed by atoms with Crippen LogP contribution in [-0.2, 0) is 9.59 Å². The Hall–Kier alpha value is -3.72. The molecule has 3 aromatic rings. The van der Waals surface area contributed by atoms with Gasteiger partial charge in [-0.05, 0) is 24.6 Å². The van der Waals surface area contributed by atoms with E-state index in [0.717, 1.165) is 22.5 Å². The van der Waals surface area contributed by atoms with E-state index >= 15 is 0 Å². The number of fused-ring (bicyclic) bond motifs is 3. The molecule has 0 aliphatic carbocycles. The zero-order chi connectivity index (χ0) is 21.4. The van der Waals surface area contributed by atoms with Crippen LogP contribution in [-0.4, -0.2) is 43.7 Å². The summed E-state index contributed by atoms with van der Waals surface area (Å²) >= 11 is 1.20. The van der Waals surface area contributed by atoms with Crippen molar-refractivity contribution < 1.29 is 9.59 Å². The molecule has 1 aromatic heterocycles. The van der Waals surface area contributed by atoms with Crippen LogP contribution in [0, 0.1) is 6.92 Å². The average Bonchev–Trinajstić information content (AvgIpc) is 3.35. The van der Waals surface area contributed by atoms with Crippen LogP contribution in [0.5, 0.6) is 0 Å². The van der Waals surface area contributed by atoms with Crippen molar-refractivity contribution in [2.24, 2.45) is 9.98 Å². The molecule has 0 radical (unpaired) electrons. The molecule has 31 heavy (non-hydrogen) atoms. The SMILES string of the molecule is Cc1cc(NC(=O)CSC2=Nc3ccccc3C3=N[C@H](c4ccccc4)C(=O)N23)n[nH]1. The quantitative estimate of drug-likeness (QED) is 0.662. The highest BCUT2D eigenvalue weighted by Crippen LogP contribution is 2.37. The number of carbonyl (C=O) groups excluding carboxylic acids is 2. The first kappa shape index (κ1) is 19.3. The minimum atomic E-state index is -0.631. The predicted molar refractivity (Wildman–Crippen MR) is 121 cm³/mol. The second-order valence-electron chi connectivity index (χ2n) is 7.12. The summed E-state index contributed by atoms with van der Waals surface area (Å²) in [6.45, 7) is 1.86. The third kappa shape index (κ3) is 3.64. The van der Waals surface area contributed by atoms with E-state index < -0.39 is 6.04 Å². The van der Waals surface area contributed by atoms with Crippen LogP contribution in [0.25, 0.3) is 0 Å². The molecule has 2 aromatic carbocycles. The van der Waals surface area contributed by atoms with Crippen molar-refractivity contribution >= 4 is 46.1 Å². The van der Waals surface area contributed by atoms with E-state index in [2.05, 4.69) is 20.5 Å². The van der Waals surface area contributed by atoms with Crippen molar-refractivity contribution in [2.75, 3.05) is 11.1 Å². The number of para-hydroxylation sites is 1. The van der Waals surface area contributed by atoms with E-state index in [-0.39, 0.29) is 17.6 Å². The van der Waals surface area contributed by atoms with Gasteiger partial charge in [0.05, 0.1) is 11.4 Å². The molecule has 0 saturated carbocycles. The first-order valence-corrected chi connectivity index (χ1v) is 10.7. The maximum atomic E-state index is 13.3. The van der Waals surface area contributed by atoms with Crippen LogP contribution in [0.2, 0.25) is 0 Å². The molecule has 0 unspecified atom stereocenters. The number of amides is 2. The summed E-state index contributed by atoms with van der Waals surface area (Å²) in [5, 5.41) is 9.97. The monoisotopic (exact) mass is 430 g/mol. The van der Waals surface area contributed by atoms with Crippen LogP contribution >= 0.6 is 11.8 Å². The summed E-state index contributed by atoms with van der Waals surface area (Å²) in [4.78, 5) is 36.6. The van der Waals surface area contributed by atoms with E-state index in [9.17, 15) is 9.59 Å². The average molecular weight is 430 g/mol. The normalized spacial score (nSPS) is 17.0. The maximum absolute atomic E-state index is 13.3. The van der Waals surface area contributed by atoms with Gasteiger partial charge in [0.15, 0.2) is 17.0 Å². The number of nitrogens with zero attached hydrogens (tertiary/aromatic N) is 4. The Labute approximate surface area is 182 Å². The van der Waals surface area contributed by atoms with Gasteiger partial charge in [0.25, 0.3) is 5.91 Å². The zero-order valence-corrected chi connectivity index (χ0v) is 17.4. The highest BCUT2D eigenvalue weighted by Gasteiger charge is 2.42. The summed E-state index contributed by atoms with van der Waals surface area (Å²) in [7, 11) is 0. The molecule has 2 amide bonds. The van der Waals surface area contributed by atoms with Gasteiger partial charge in [0, 0.05) is 17.3 Å².